The van der Waals surface area contributed by atoms with Crippen molar-refractivity contribution in [1.82, 2.24) is 10.2 Å². The average Bonchev–Trinajstić information content (AvgIpc) is 2.76. The van der Waals surface area contributed by atoms with E-state index in [-0.39, 0.29) is 5.92 Å². The Hall–Kier alpha value is -1.98. The number of hydrogen-bond donors (Lipinski definition) is 1. The molecule has 1 fully saturated rings. The lowest BCUT2D eigenvalue weighted by Gasteiger charge is -2.31. The SMILES string of the molecule is COC(=O)N[C@]12C=CC=C[C@H]1CN(C(=O)OC)C2. The molecule has 0 unspecified atom stereocenters. The van der Waals surface area contributed by atoms with E-state index in [1.165, 1.54) is 14.2 Å². The number of hydrogen-bond acceptors (Lipinski definition) is 4. The number of fused-ring (bicyclic) bond motifs is 1. The van der Waals surface area contributed by atoms with Crippen LogP contribution in [-0.4, -0.2) is 49.9 Å². The van der Waals surface area contributed by atoms with Gasteiger partial charge in [0.2, 0.25) is 0 Å². The number of carbonyl (C=O) groups is 2. The van der Waals surface area contributed by atoms with Crippen molar-refractivity contribution in [2.24, 2.45) is 5.92 Å². The van der Waals surface area contributed by atoms with Crippen molar-refractivity contribution in [3.8, 4) is 0 Å². The maximum absolute atomic E-state index is 11.6. The third-order valence-corrected chi connectivity index (χ3v) is 3.33. The minimum absolute atomic E-state index is 0.0284. The molecule has 1 aliphatic carbocycles. The molecule has 6 heteroatoms. The van der Waals surface area contributed by atoms with Crippen molar-refractivity contribution in [2.45, 2.75) is 5.54 Å². The second kappa shape index (κ2) is 4.72. The van der Waals surface area contributed by atoms with E-state index in [9.17, 15) is 9.59 Å². The van der Waals surface area contributed by atoms with Gasteiger partial charge in [0.1, 0.15) is 0 Å². The number of amides is 2. The summed E-state index contributed by atoms with van der Waals surface area (Å²) in [5.74, 6) is 0.0284. The van der Waals surface area contributed by atoms with E-state index in [4.69, 9.17) is 4.74 Å². The molecule has 0 aromatic carbocycles. The van der Waals surface area contributed by atoms with Crippen LogP contribution in [0, 0.1) is 5.92 Å². The van der Waals surface area contributed by atoms with E-state index in [1.54, 1.807) is 4.90 Å². The highest BCUT2D eigenvalue weighted by atomic mass is 16.5. The largest absolute Gasteiger partial charge is 0.453 e. The zero-order valence-corrected chi connectivity index (χ0v) is 10.4. The van der Waals surface area contributed by atoms with E-state index in [0.717, 1.165) is 0 Å². The Morgan fingerprint density at radius 2 is 2.11 bits per heavy atom. The van der Waals surface area contributed by atoms with Crippen molar-refractivity contribution in [2.75, 3.05) is 27.3 Å². The first-order valence-electron chi connectivity index (χ1n) is 5.66. The van der Waals surface area contributed by atoms with Gasteiger partial charge in [-0.2, -0.15) is 0 Å². The number of alkyl carbamates (subject to hydrolysis) is 1. The molecular weight excluding hydrogens is 236 g/mol. The second-order valence-electron chi connectivity index (χ2n) is 4.36. The van der Waals surface area contributed by atoms with Crippen molar-refractivity contribution < 1.29 is 19.1 Å². The minimum Gasteiger partial charge on any atom is -0.453 e. The van der Waals surface area contributed by atoms with E-state index in [0.29, 0.717) is 13.1 Å². The van der Waals surface area contributed by atoms with Crippen LogP contribution < -0.4 is 5.32 Å². The molecule has 1 N–H and O–H groups in total. The third-order valence-electron chi connectivity index (χ3n) is 3.33. The van der Waals surface area contributed by atoms with Gasteiger partial charge in [0.05, 0.1) is 26.3 Å². The van der Waals surface area contributed by atoms with Crippen molar-refractivity contribution >= 4 is 12.2 Å². The summed E-state index contributed by atoms with van der Waals surface area (Å²) in [7, 11) is 2.66. The van der Waals surface area contributed by atoms with Crippen molar-refractivity contribution in [3.63, 3.8) is 0 Å². The number of likely N-dealkylation sites (tertiary alicyclic amines) is 1. The molecule has 2 amide bonds. The smallest absolute Gasteiger partial charge is 0.409 e. The van der Waals surface area contributed by atoms with Gasteiger partial charge >= 0.3 is 12.2 Å². The van der Waals surface area contributed by atoms with Gasteiger partial charge in [0, 0.05) is 12.5 Å². The topological polar surface area (TPSA) is 67.9 Å². The van der Waals surface area contributed by atoms with Gasteiger partial charge in [0.15, 0.2) is 0 Å². The molecule has 18 heavy (non-hydrogen) atoms. The Morgan fingerprint density at radius 1 is 1.33 bits per heavy atom. The summed E-state index contributed by atoms with van der Waals surface area (Å²) in [5, 5.41) is 2.80. The van der Waals surface area contributed by atoms with E-state index < -0.39 is 17.7 Å². The van der Waals surface area contributed by atoms with Crippen LogP contribution >= 0.6 is 0 Å². The fourth-order valence-electron chi connectivity index (χ4n) is 2.42. The lowest BCUT2D eigenvalue weighted by Crippen LogP contribution is -2.53. The van der Waals surface area contributed by atoms with Gasteiger partial charge < -0.3 is 19.7 Å². The van der Waals surface area contributed by atoms with Crippen LogP contribution in [0.15, 0.2) is 24.3 Å². The number of nitrogens with one attached hydrogen (secondary N) is 1. The molecule has 98 valence electrons. The Morgan fingerprint density at radius 3 is 2.78 bits per heavy atom. The molecule has 2 atom stereocenters. The normalized spacial score (nSPS) is 28.8. The van der Waals surface area contributed by atoms with Gasteiger partial charge in [-0.15, -0.1) is 0 Å². The lowest BCUT2D eigenvalue weighted by atomic mass is 9.84. The molecule has 0 aromatic heterocycles. The third kappa shape index (κ3) is 2.05. The number of nitrogens with zero attached hydrogens (tertiary/aromatic N) is 1. The monoisotopic (exact) mass is 252 g/mol. The maximum atomic E-state index is 11.6. The van der Waals surface area contributed by atoms with Gasteiger partial charge in [-0.3, -0.25) is 0 Å². The zero-order chi connectivity index (χ0) is 13.2. The van der Waals surface area contributed by atoms with Crippen LogP contribution in [0.3, 0.4) is 0 Å². The van der Waals surface area contributed by atoms with Crippen LogP contribution in [0.4, 0.5) is 9.59 Å². The first-order valence-corrected chi connectivity index (χ1v) is 5.66. The number of allylic oxidation sites excluding steroid dienone is 2. The number of methoxy groups -OCH3 is 2. The Labute approximate surface area is 105 Å². The molecule has 1 saturated heterocycles. The Bertz CT molecular complexity index is 418. The summed E-state index contributed by atoms with van der Waals surface area (Å²) in [6, 6.07) is 0. The molecule has 1 aliphatic heterocycles. The molecule has 0 spiro atoms. The van der Waals surface area contributed by atoms with Gasteiger partial charge in [0.25, 0.3) is 0 Å². The summed E-state index contributed by atoms with van der Waals surface area (Å²) in [6.07, 6.45) is 6.72. The molecule has 0 saturated carbocycles. The Balaban J connectivity index is 2.20. The number of rotatable bonds is 1. The van der Waals surface area contributed by atoms with Crippen LogP contribution in [-0.2, 0) is 9.47 Å². The molecule has 2 aliphatic rings. The fraction of sp³-hybridized carbons (Fsp3) is 0.500. The lowest BCUT2D eigenvalue weighted by molar-refractivity contribution is 0.129. The van der Waals surface area contributed by atoms with Crippen molar-refractivity contribution in [1.29, 1.82) is 0 Å². The first-order chi connectivity index (χ1) is 8.61. The van der Waals surface area contributed by atoms with E-state index >= 15 is 0 Å². The average molecular weight is 252 g/mol. The molecule has 0 bridgehead atoms. The van der Waals surface area contributed by atoms with Crippen LogP contribution in [0.25, 0.3) is 0 Å². The van der Waals surface area contributed by atoms with Crippen LogP contribution in [0.5, 0.6) is 0 Å². The summed E-state index contributed by atoms with van der Waals surface area (Å²) >= 11 is 0. The van der Waals surface area contributed by atoms with Crippen molar-refractivity contribution in [3.05, 3.63) is 24.3 Å². The number of ether oxygens (including phenoxy) is 2. The molecular formula is C12H16N2O4. The fourth-order valence-corrected chi connectivity index (χ4v) is 2.42. The van der Waals surface area contributed by atoms with Gasteiger partial charge in [-0.25, -0.2) is 9.59 Å². The summed E-state index contributed by atoms with van der Waals surface area (Å²) in [5.41, 5.74) is -0.601. The number of carbonyl (C=O) groups excluding carboxylic acids is 2. The molecule has 2 rings (SSSR count). The second-order valence-corrected chi connectivity index (χ2v) is 4.36. The molecule has 0 aromatic rings. The molecule has 0 radical (unpaired) electrons. The predicted molar refractivity (Wildman–Crippen MR) is 64.0 cm³/mol. The van der Waals surface area contributed by atoms with Crippen LogP contribution in [0.2, 0.25) is 0 Å². The quantitative estimate of drug-likeness (QED) is 0.753. The van der Waals surface area contributed by atoms with Crippen LogP contribution in [0.1, 0.15) is 0 Å². The maximum Gasteiger partial charge on any atom is 0.409 e. The highest BCUT2D eigenvalue weighted by Crippen LogP contribution is 2.33. The Kier molecular flexibility index (Phi) is 3.27. The predicted octanol–water partition coefficient (Wildman–Crippen LogP) is 0.905. The summed E-state index contributed by atoms with van der Waals surface area (Å²) in [4.78, 5) is 24.6. The summed E-state index contributed by atoms with van der Waals surface area (Å²) < 4.78 is 9.35. The highest BCUT2D eigenvalue weighted by molar-refractivity contribution is 5.71. The first kappa shape index (κ1) is 12.5. The van der Waals surface area contributed by atoms with E-state index in [1.807, 2.05) is 24.3 Å². The van der Waals surface area contributed by atoms with E-state index in [2.05, 4.69) is 10.1 Å². The molecule has 6 nitrogen and oxygen atoms in total. The molecule has 1 heterocycles. The minimum atomic E-state index is -0.601. The highest BCUT2D eigenvalue weighted by Gasteiger charge is 2.47. The zero-order valence-electron chi connectivity index (χ0n) is 10.4. The van der Waals surface area contributed by atoms with Gasteiger partial charge in [-0.05, 0) is 0 Å². The summed E-state index contributed by atoms with van der Waals surface area (Å²) in [6.45, 7) is 0.887. The van der Waals surface area contributed by atoms with Gasteiger partial charge in [-0.1, -0.05) is 24.3 Å². The standard InChI is InChI=1S/C12H16N2O4/c1-17-10(15)13-12-6-4-3-5-9(12)7-14(8-12)11(16)18-2/h3-6,9H,7-8H2,1-2H3,(H,13,15)/t9-,12-/m0/s1.